The molecule has 7 nitrogen and oxygen atoms in total. The Hall–Kier alpha value is -3.65. The number of nitrogens with two attached hydrogens (primary N) is 1. The van der Waals surface area contributed by atoms with Gasteiger partial charge in [-0.15, -0.1) is 0 Å². The monoisotopic (exact) mass is 589 g/mol. The summed E-state index contributed by atoms with van der Waals surface area (Å²) in [6.07, 6.45) is -15.1. The summed E-state index contributed by atoms with van der Waals surface area (Å²) in [7, 11) is 1.37. The predicted molar refractivity (Wildman–Crippen MR) is 137 cm³/mol. The molecule has 14 heteroatoms. The summed E-state index contributed by atoms with van der Waals surface area (Å²) in [4.78, 5) is 25.4. The number of nitrogens with zero attached hydrogens (tertiary/aromatic N) is 2. The number of anilines is 1. The smallest absolute Gasteiger partial charge is 0.389 e. The molecule has 0 bridgehead atoms. The number of aryl methyl sites for hydroxylation is 1. The van der Waals surface area contributed by atoms with Crippen molar-refractivity contribution in [3.8, 4) is 0 Å². The van der Waals surface area contributed by atoms with Crippen molar-refractivity contribution in [2.24, 2.45) is 17.6 Å². The molecule has 0 fully saturated rings. The standard InChI is InChI=1S/C27H28F7N4O3/c1-15-5-3-8-18-21(16-6-4-7-17(28)13-16)14-22(38(41)37(2)23(15)18)36-25(40)20(10-12-27(32,33)34)19(24(35)39)9-11-26(29,30)31/h3-8,13-14,19-20,22H,9-12H2,1-2H3,(H2,35,39)(H,36,40)/q-1/t19-,20+,22-/m0/s1. The Morgan fingerprint density at radius 2 is 1.59 bits per heavy atom. The van der Waals surface area contributed by atoms with E-state index in [0.29, 0.717) is 33.1 Å². The fourth-order valence-electron chi connectivity index (χ4n) is 4.85. The second-order valence-electron chi connectivity index (χ2n) is 9.76. The first-order valence-corrected chi connectivity index (χ1v) is 12.5. The largest absolute Gasteiger partial charge is 0.765 e. The van der Waals surface area contributed by atoms with Crippen molar-refractivity contribution in [2.75, 3.05) is 12.1 Å². The molecule has 1 aliphatic heterocycles. The number of carbonyl (C=O) groups is 2. The Balaban J connectivity index is 2.06. The molecule has 0 radical (unpaired) electrons. The van der Waals surface area contributed by atoms with E-state index in [9.17, 15) is 45.5 Å². The minimum Gasteiger partial charge on any atom is -0.765 e. The Bertz CT molecular complexity index is 1300. The molecule has 1 aliphatic rings. The number of hydrogen-bond donors (Lipinski definition) is 2. The number of amides is 2. The topological polar surface area (TPSA) is 102 Å². The summed E-state index contributed by atoms with van der Waals surface area (Å²) in [5.74, 6) is -7.07. The van der Waals surface area contributed by atoms with Gasteiger partial charge >= 0.3 is 12.4 Å². The van der Waals surface area contributed by atoms with Crippen molar-refractivity contribution < 1.29 is 40.3 Å². The minimum atomic E-state index is -4.79. The number of benzene rings is 2. The quantitative estimate of drug-likeness (QED) is 0.372. The second-order valence-corrected chi connectivity index (χ2v) is 9.76. The predicted octanol–water partition coefficient (Wildman–Crippen LogP) is 5.58. The Morgan fingerprint density at radius 3 is 2.15 bits per heavy atom. The van der Waals surface area contributed by atoms with Crippen LogP contribution < -0.4 is 16.1 Å². The highest BCUT2D eigenvalue weighted by Gasteiger charge is 2.40. The van der Waals surface area contributed by atoms with Gasteiger partial charge in [0.05, 0.1) is 5.69 Å². The highest BCUT2D eigenvalue weighted by molar-refractivity contribution is 5.90. The van der Waals surface area contributed by atoms with Gasteiger partial charge in [0.25, 0.3) is 0 Å². The molecule has 0 saturated heterocycles. The first-order chi connectivity index (χ1) is 19.0. The van der Waals surface area contributed by atoms with Crippen molar-refractivity contribution >= 4 is 23.1 Å². The molecule has 3 N–H and O–H groups in total. The van der Waals surface area contributed by atoms with Crippen molar-refractivity contribution in [3.05, 3.63) is 76.3 Å². The second kappa shape index (κ2) is 12.5. The zero-order valence-electron chi connectivity index (χ0n) is 22.0. The molecule has 2 amide bonds. The molecule has 2 aromatic rings. The number of hydroxylamine groups is 1. The molecule has 0 aromatic heterocycles. The Kier molecular flexibility index (Phi) is 9.70. The third-order valence-corrected chi connectivity index (χ3v) is 6.80. The highest BCUT2D eigenvalue weighted by Crippen LogP contribution is 2.38. The van der Waals surface area contributed by atoms with Crippen LogP contribution >= 0.6 is 0 Å². The minimum absolute atomic E-state index is 0.300. The molecule has 1 heterocycles. The molecule has 0 aliphatic carbocycles. The summed E-state index contributed by atoms with van der Waals surface area (Å²) in [5.41, 5.74) is 7.35. The molecular formula is C27H28F7N4O3-. The number of hydrazine groups is 1. The zero-order chi connectivity index (χ0) is 30.7. The van der Waals surface area contributed by atoms with Crippen LogP contribution in [0.4, 0.5) is 36.4 Å². The van der Waals surface area contributed by atoms with Crippen molar-refractivity contribution in [1.29, 1.82) is 0 Å². The lowest BCUT2D eigenvalue weighted by atomic mass is 9.83. The number of fused-ring (bicyclic) bond motifs is 1. The van der Waals surface area contributed by atoms with Crippen LogP contribution in [0.2, 0.25) is 0 Å². The van der Waals surface area contributed by atoms with Gasteiger partial charge in [-0.05, 0) is 54.7 Å². The van der Waals surface area contributed by atoms with E-state index >= 15 is 0 Å². The van der Waals surface area contributed by atoms with Gasteiger partial charge in [0.1, 0.15) is 12.0 Å². The van der Waals surface area contributed by atoms with E-state index in [1.165, 1.54) is 31.3 Å². The van der Waals surface area contributed by atoms with Gasteiger partial charge in [-0.1, -0.05) is 30.3 Å². The number of rotatable bonds is 9. The lowest BCUT2D eigenvalue weighted by Gasteiger charge is -2.43. The van der Waals surface area contributed by atoms with Crippen LogP contribution in [-0.2, 0) is 9.59 Å². The average Bonchev–Trinajstić information content (AvgIpc) is 2.95. The Morgan fingerprint density at radius 1 is 1.00 bits per heavy atom. The van der Waals surface area contributed by atoms with Gasteiger partial charge in [-0.3, -0.25) is 14.8 Å². The van der Waals surface area contributed by atoms with E-state index in [0.717, 1.165) is 5.01 Å². The lowest BCUT2D eigenvalue weighted by Crippen LogP contribution is -2.53. The number of halogens is 7. The summed E-state index contributed by atoms with van der Waals surface area (Å²) < 4.78 is 92.1. The molecule has 224 valence electrons. The van der Waals surface area contributed by atoms with Crippen LogP contribution in [0, 0.1) is 29.8 Å². The van der Waals surface area contributed by atoms with E-state index in [2.05, 4.69) is 5.32 Å². The van der Waals surface area contributed by atoms with E-state index in [4.69, 9.17) is 5.73 Å². The molecule has 3 atom stereocenters. The van der Waals surface area contributed by atoms with Crippen molar-refractivity contribution in [1.82, 2.24) is 10.5 Å². The maximum atomic E-state index is 14.2. The maximum absolute atomic E-state index is 14.2. The number of carbonyl (C=O) groups excluding carboxylic acids is 2. The van der Waals surface area contributed by atoms with Gasteiger partial charge in [0, 0.05) is 37.3 Å². The normalized spacial score (nSPS) is 17.8. The first kappa shape index (κ1) is 31.9. The van der Waals surface area contributed by atoms with Crippen LogP contribution in [-0.4, -0.2) is 42.6 Å². The molecular weight excluding hydrogens is 561 g/mol. The fourth-order valence-corrected chi connectivity index (χ4v) is 4.85. The molecule has 0 saturated carbocycles. The number of primary amides is 1. The van der Waals surface area contributed by atoms with Gasteiger partial charge in [0.15, 0.2) is 0 Å². The number of alkyl halides is 6. The summed E-state index contributed by atoms with van der Waals surface area (Å²) in [6, 6.07) is 10.4. The van der Waals surface area contributed by atoms with E-state index in [1.54, 1.807) is 31.2 Å². The summed E-state index contributed by atoms with van der Waals surface area (Å²) in [6.45, 7) is 1.70. The van der Waals surface area contributed by atoms with Crippen LogP contribution in [0.15, 0.2) is 48.5 Å². The highest BCUT2D eigenvalue weighted by atomic mass is 19.4. The van der Waals surface area contributed by atoms with Gasteiger partial charge in [-0.25, -0.2) is 4.39 Å². The fraction of sp³-hybridized carbons (Fsp3) is 0.407. The lowest BCUT2D eigenvalue weighted by molar-refractivity contribution is -0.152. The number of hydrogen-bond acceptors (Lipinski definition) is 5. The SMILES string of the molecule is Cc1cccc2c1N(C)N([O-])[C@H](NC(=O)[C@H](CCC(F)(F)F)[C@H](CCC(F)(F)F)C(N)=O)C=C2c1cccc(F)c1. The van der Waals surface area contributed by atoms with Crippen molar-refractivity contribution in [2.45, 2.75) is 51.1 Å². The number of nitrogens with one attached hydrogen (secondary N) is 1. The Labute approximate surface area is 231 Å². The van der Waals surface area contributed by atoms with E-state index < -0.39 is 73.7 Å². The van der Waals surface area contributed by atoms with Crippen LogP contribution in [0.1, 0.15) is 42.4 Å². The molecule has 3 rings (SSSR count). The van der Waals surface area contributed by atoms with Gasteiger partial charge < -0.3 is 21.3 Å². The van der Waals surface area contributed by atoms with Crippen LogP contribution in [0.25, 0.3) is 5.57 Å². The average molecular weight is 590 g/mol. The molecule has 0 spiro atoms. The third-order valence-electron chi connectivity index (χ3n) is 6.80. The van der Waals surface area contributed by atoms with Crippen molar-refractivity contribution in [3.63, 3.8) is 0 Å². The molecule has 41 heavy (non-hydrogen) atoms. The number of para-hydroxylation sites is 1. The van der Waals surface area contributed by atoms with Crippen LogP contribution in [0.5, 0.6) is 0 Å². The zero-order valence-corrected chi connectivity index (χ0v) is 22.0. The summed E-state index contributed by atoms with van der Waals surface area (Å²) in [5, 5.41) is 17.2. The summed E-state index contributed by atoms with van der Waals surface area (Å²) >= 11 is 0. The van der Waals surface area contributed by atoms with Crippen LogP contribution in [0.3, 0.4) is 0 Å². The third kappa shape index (κ3) is 8.19. The van der Waals surface area contributed by atoms with E-state index in [-0.39, 0.29) is 0 Å². The van der Waals surface area contributed by atoms with Gasteiger partial charge in [0.2, 0.25) is 11.8 Å². The van der Waals surface area contributed by atoms with Gasteiger partial charge in [-0.2, -0.15) is 26.3 Å². The first-order valence-electron chi connectivity index (χ1n) is 12.5. The molecule has 0 unspecified atom stereocenters. The van der Waals surface area contributed by atoms with E-state index in [1.807, 2.05) is 0 Å². The maximum Gasteiger partial charge on any atom is 0.389 e. The molecule has 2 aromatic carbocycles.